The number of nitrogens with zero attached hydrogens (tertiary/aromatic N) is 3. The third-order valence-corrected chi connectivity index (χ3v) is 5.39. The number of methoxy groups -OCH3 is 2. The summed E-state index contributed by atoms with van der Waals surface area (Å²) in [5.41, 5.74) is 6.17. The van der Waals surface area contributed by atoms with E-state index in [0.717, 1.165) is 51.5 Å². The van der Waals surface area contributed by atoms with Gasteiger partial charge >= 0.3 is 0 Å². The summed E-state index contributed by atoms with van der Waals surface area (Å²) in [5, 5.41) is 10.1. The van der Waals surface area contributed by atoms with Crippen LogP contribution in [0.25, 0.3) is 33.4 Å². The van der Waals surface area contributed by atoms with Crippen molar-refractivity contribution in [3.63, 3.8) is 0 Å². The largest absolute Gasteiger partial charge is 0.497 e. The third kappa shape index (κ3) is 3.14. The second kappa shape index (κ2) is 7.52. The molecule has 5 heteroatoms. The molecular formula is C25H21N3O2. The first-order chi connectivity index (χ1) is 14.8. The van der Waals surface area contributed by atoms with Crippen molar-refractivity contribution in [1.29, 1.82) is 0 Å². The Morgan fingerprint density at radius 1 is 0.733 bits per heavy atom. The smallest absolute Gasteiger partial charge is 0.118 e. The molecule has 0 saturated heterocycles. The maximum atomic E-state index is 5.29. The van der Waals surface area contributed by atoms with Crippen LogP contribution in [-0.4, -0.2) is 29.0 Å². The maximum Gasteiger partial charge on any atom is 0.118 e. The maximum absolute atomic E-state index is 5.29. The highest BCUT2D eigenvalue weighted by Gasteiger charge is 2.20. The summed E-state index contributed by atoms with van der Waals surface area (Å²) in [6, 6.07) is 24.4. The normalized spacial score (nSPS) is 11.1. The average molecular weight is 395 g/mol. The molecule has 0 N–H and O–H groups in total. The summed E-state index contributed by atoms with van der Waals surface area (Å²) >= 11 is 0. The van der Waals surface area contributed by atoms with Crippen LogP contribution in [0.1, 0.15) is 5.56 Å². The van der Waals surface area contributed by atoms with E-state index in [9.17, 15) is 0 Å². The number of hydrogen-bond donors (Lipinski definition) is 0. The molecule has 3 aromatic rings. The Balaban J connectivity index is 1.65. The van der Waals surface area contributed by atoms with E-state index < -0.39 is 0 Å². The van der Waals surface area contributed by atoms with E-state index in [1.165, 1.54) is 5.56 Å². The van der Waals surface area contributed by atoms with Gasteiger partial charge in [0.2, 0.25) is 0 Å². The topological polar surface area (TPSA) is 49.2 Å². The molecule has 0 fully saturated rings. The molecule has 5 rings (SSSR count). The van der Waals surface area contributed by atoms with Crippen LogP contribution in [0.4, 0.5) is 0 Å². The molecule has 0 aromatic heterocycles. The molecule has 0 saturated carbocycles. The first-order valence-corrected chi connectivity index (χ1v) is 9.78. The highest BCUT2D eigenvalue weighted by Crippen LogP contribution is 2.37. The van der Waals surface area contributed by atoms with Gasteiger partial charge < -0.3 is 14.0 Å². The zero-order chi connectivity index (χ0) is 20.5. The highest BCUT2D eigenvalue weighted by atomic mass is 16.5. The van der Waals surface area contributed by atoms with Crippen LogP contribution in [0.5, 0.6) is 11.5 Å². The van der Waals surface area contributed by atoms with Gasteiger partial charge in [0.15, 0.2) is 0 Å². The van der Waals surface area contributed by atoms with Gasteiger partial charge in [-0.1, -0.05) is 30.3 Å². The molecule has 0 spiro atoms. The zero-order valence-corrected chi connectivity index (χ0v) is 16.9. The minimum atomic E-state index is 0.744. The Kier molecular flexibility index (Phi) is 4.56. The fourth-order valence-corrected chi connectivity index (χ4v) is 3.81. The van der Waals surface area contributed by atoms with Crippen molar-refractivity contribution in [2.45, 2.75) is 6.54 Å². The summed E-state index contributed by atoms with van der Waals surface area (Å²) in [4.78, 5) is 0. The molecule has 30 heavy (non-hydrogen) atoms. The zero-order valence-electron chi connectivity index (χ0n) is 16.9. The van der Waals surface area contributed by atoms with Crippen molar-refractivity contribution in [2.24, 2.45) is 0 Å². The quantitative estimate of drug-likeness (QED) is 0.407. The lowest BCUT2D eigenvalue weighted by molar-refractivity contribution is 0.414. The molecule has 0 radical (unpaired) electrons. The minimum Gasteiger partial charge on any atom is -0.497 e. The minimum absolute atomic E-state index is 0.744. The van der Waals surface area contributed by atoms with E-state index in [4.69, 9.17) is 9.47 Å². The van der Waals surface area contributed by atoms with Gasteiger partial charge in [0.1, 0.15) is 22.9 Å². The second-order valence-electron chi connectivity index (χ2n) is 7.16. The standard InChI is InChI=1S/C25H21N3O2/c1-29-19-11-7-17(8-12-19)15-28-16-22-24(18-9-13-20(30-2)14-10-18)26-27-25(22)21-5-3-4-6-23(21)28/h3-14,16H,15H2,1-2H3. The molecule has 0 amide bonds. The van der Waals surface area contributed by atoms with Crippen molar-refractivity contribution < 1.29 is 9.47 Å². The van der Waals surface area contributed by atoms with Crippen LogP contribution in [-0.2, 0) is 6.54 Å². The van der Waals surface area contributed by atoms with Crippen LogP contribution in [0.2, 0.25) is 0 Å². The molecule has 0 atom stereocenters. The summed E-state index contributed by atoms with van der Waals surface area (Å²) in [6.45, 7) is 0.744. The van der Waals surface area contributed by atoms with E-state index in [0.29, 0.717) is 0 Å². The van der Waals surface area contributed by atoms with Crippen molar-refractivity contribution in [1.82, 2.24) is 14.8 Å². The van der Waals surface area contributed by atoms with E-state index in [1.54, 1.807) is 14.2 Å². The summed E-state index contributed by atoms with van der Waals surface area (Å²) < 4.78 is 12.8. The van der Waals surface area contributed by atoms with Crippen molar-refractivity contribution in [3.05, 3.63) is 84.6 Å². The van der Waals surface area contributed by atoms with Crippen LogP contribution < -0.4 is 9.47 Å². The molecule has 3 aromatic carbocycles. The summed E-state index contributed by atoms with van der Waals surface area (Å²) in [7, 11) is 3.35. The Hall–Kier alpha value is -3.86. The number of aromatic nitrogens is 3. The lowest BCUT2D eigenvalue weighted by Gasteiger charge is -2.15. The molecule has 2 aliphatic rings. The van der Waals surface area contributed by atoms with Crippen LogP contribution in [0, 0.1) is 0 Å². The first-order valence-electron chi connectivity index (χ1n) is 9.78. The summed E-state index contributed by atoms with van der Waals surface area (Å²) in [5.74, 6) is 1.68. The third-order valence-electron chi connectivity index (χ3n) is 5.39. The number of benzene rings is 3. The average Bonchev–Trinajstić information content (AvgIpc) is 3.24. The lowest BCUT2D eigenvalue weighted by atomic mass is 10.0. The number of para-hydroxylation sites is 1. The monoisotopic (exact) mass is 395 g/mol. The van der Waals surface area contributed by atoms with E-state index >= 15 is 0 Å². The van der Waals surface area contributed by atoms with Gasteiger partial charge in [0.05, 0.1) is 19.7 Å². The lowest BCUT2D eigenvalue weighted by Crippen LogP contribution is -2.04. The van der Waals surface area contributed by atoms with E-state index in [-0.39, 0.29) is 0 Å². The van der Waals surface area contributed by atoms with Gasteiger partial charge in [-0.3, -0.25) is 0 Å². The van der Waals surface area contributed by atoms with Gasteiger partial charge in [0.25, 0.3) is 0 Å². The number of rotatable bonds is 5. The number of fused-ring (bicyclic) bond motifs is 3. The molecule has 0 bridgehead atoms. The van der Waals surface area contributed by atoms with Gasteiger partial charge in [-0.25, -0.2) is 0 Å². The predicted octanol–water partition coefficient (Wildman–Crippen LogP) is 5.27. The van der Waals surface area contributed by atoms with Crippen LogP contribution in [0.3, 0.4) is 0 Å². The molecule has 5 nitrogen and oxygen atoms in total. The molecule has 0 aliphatic carbocycles. The van der Waals surface area contributed by atoms with Gasteiger partial charge in [-0.05, 0) is 48.0 Å². The predicted molar refractivity (Wildman–Crippen MR) is 118 cm³/mol. The molecule has 148 valence electrons. The number of pyridine rings is 1. The fraction of sp³-hybridized carbons (Fsp3) is 0.120. The summed E-state index contributed by atoms with van der Waals surface area (Å²) in [6.07, 6.45) is 2.15. The van der Waals surface area contributed by atoms with E-state index in [2.05, 4.69) is 51.3 Å². The Morgan fingerprint density at radius 3 is 2.07 bits per heavy atom. The van der Waals surface area contributed by atoms with Crippen molar-refractivity contribution >= 4 is 10.9 Å². The number of hydrogen-bond acceptors (Lipinski definition) is 4. The van der Waals surface area contributed by atoms with Crippen LogP contribution >= 0.6 is 0 Å². The first kappa shape index (κ1) is 18.2. The molecule has 0 unspecified atom stereocenters. The second-order valence-corrected chi connectivity index (χ2v) is 7.16. The molecule has 2 heterocycles. The van der Waals surface area contributed by atoms with Crippen molar-refractivity contribution in [3.8, 4) is 34.0 Å². The van der Waals surface area contributed by atoms with Gasteiger partial charge in [-0.15, -0.1) is 10.2 Å². The highest BCUT2D eigenvalue weighted by molar-refractivity contribution is 5.98. The Labute approximate surface area is 174 Å². The fourth-order valence-electron chi connectivity index (χ4n) is 3.81. The van der Waals surface area contributed by atoms with E-state index in [1.807, 2.05) is 42.5 Å². The van der Waals surface area contributed by atoms with Crippen molar-refractivity contribution in [2.75, 3.05) is 14.2 Å². The SMILES string of the molecule is COc1ccc(Cn2cc3c(-c4ccc(OC)cc4)nnc-3c3ccccc32)cc1. The van der Waals surface area contributed by atoms with Crippen LogP contribution in [0.15, 0.2) is 79.0 Å². The molecule has 2 aliphatic heterocycles. The van der Waals surface area contributed by atoms with Gasteiger partial charge in [-0.2, -0.15) is 0 Å². The Morgan fingerprint density at radius 2 is 1.37 bits per heavy atom. The van der Waals surface area contributed by atoms with Gasteiger partial charge in [0, 0.05) is 29.3 Å². The number of ether oxygens (including phenoxy) is 2. The Bertz CT molecular complexity index is 1270. The molecular weight excluding hydrogens is 374 g/mol.